The number of ketones is 1. The predicted octanol–water partition coefficient (Wildman–Crippen LogP) is 5.55. The lowest BCUT2D eigenvalue weighted by Crippen LogP contribution is -2.21. The van der Waals surface area contributed by atoms with Gasteiger partial charge in [-0.2, -0.15) is 0 Å². The molecule has 1 aliphatic rings. The normalized spacial score (nSPS) is 16.5. The van der Waals surface area contributed by atoms with E-state index in [4.69, 9.17) is 4.74 Å². The smallest absolute Gasteiger partial charge is 0.174 e. The standard InChI is InChI=1S/C25H28O6/c1-13(2)5-8-16-23(29)17(9-6-14(3)4)25-22(24(16)30)20(28)12-21(31-25)15-7-10-18(26)19(27)11-15/h5-11,13-14,21,26-27,29-30H,12H2,1-4H3/b8-5+,9-6+/t21-/m0/s1. The van der Waals surface area contributed by atoms with Gasteiger partial charge in [-0.05, 0) is 29.5 Å². The van der Waals surface area contributed by atoms with Gasteiger partial charge in [0.1, 0.15) is 28.9 Å². The molecule has 1 atom stereocenters. The van der Waals surface area contributed by atoms with Crippen molar-refractivity contribution in [2.24, 2.45) is 11.8 Å². The van der Waals surface area contributed by atoms with Crippen molar-refractivity contribution in [3.8, 4) is 28.7 Å². The number of carbonyl (C=O) groups excluding carboxylic acids is 1. The molecule has 2 aromatic rings. The van der Waals surface area contributed by atoms with E-state index in [1.165, 1.54) is 12.1 Å². The minimum Gasteiger partial charge on any atom is -0.506 e. The monoisotopic (exact) mass is 424 g/mol. The van der Waals surface area contributed by atoms with Crippen molar-refractivity contribution in [1.82, 2.24) is 0 Å². The first-order valence-electron chi connectivity index (χ1n) is 10.3. The van der Waals surface area contributed by atoms with Gasteiger partial charge in [-0.3, -0.25) is 4.79 Å². The fraction of sp³-hybridized carbons (Fsp3) is 0.320. The summed E-state index contributed by atoms with van der Waals surface area (Å²) in [4.78, 5) is 13.1. The van der Waals surface area contributed by atoms with Crippen LogP contribution >= 0.6 is 0 Å². The molecular formula is C25H28O6. The lowest BCUT2D eigenvalue weighted by Gasteiger charge is -2.29. The van der Waals surface area contributed by atoms with Crippen LogP contribution in [0, 0.1) is 11.8 Å². The Morgan fingerprint density at radius 3 is 2.10 bits per heavy atom. The highest BCUT2D eigenvalue weighted by molar-refractivity contribution is 6.05. The number of aromatic hydroxyl groups is 4. The van der Waals surface area contributed by atoms with Crippen LogP contribution in [0.3, 0.4) is 0 Å². The molecule has 2 aromatic carbocycles. The molecule has 0 amide bonds. The molecule has 0 aliphatic carbocycles. The zero-order chi connectivity index (χ0) is 22.9. The molecule has 31 heavy (non-hydrogen) atoms. The third-order valence-corrected chi connectivity index (χ3v) is 5.05. The number of ether oxygens (including phenoxy) is 1. The van der Waals surface area contributed by atoms with E-state index in [1.807, 2.05) is 39.8 Å². The van der Waals surface area contributed by atoms with Crippen molar-refractivity contribution in [3.63, 3.8) is 0 Å². The van der Waals surface area contributed by atoms with Gasteiger partial charge < -0.3 is 25.2 Å². The van der Waals surface area contributed by atoms with E-state index in [-0.39, 0.29) is 63.9 Å². The second-order valence-electron chi connectivity index (χ2n) is 8.42. The minimum absolute atomic E-state index is 0.0314. The Bertz CT molecular complexity index is 1060. The number of rotatable bonds is 5. The van der Waals surface area contributed by atoms with Crippen LogP contribution in [0.2, 0.25) is 0 Å². The maximum absolute atomic E-state index is 13.1. The highest BCUT2D eigenvalue weighted by Crippen LogP contribution is 2.49. The van der Waals surface area contributed by atoms with Crippen molar-refractivity contribution in [3.05, 3.63) is 52.6 Å². The van der Waals surface area contributed by atoms with Crippen LogP contribution in [-0.4, -0.2) is 26.2 Å². The number of phenolic OH excluding ortho intramolecular Hbond substituents is 4. The molecule has 6 nitrogen and oxygen atoms in total. The van der Waals surface area contributed by atoms with E-state index < -0.39 is 6.10 Å². The van der Waals surface area contributed by atoms with Crippen molar-refractivity contribution >= 4 is 17.9 Å². The van der Waals surface area contributed by atoms with Gasteiger partial charge in [0.05, 0.1) is 17.5 Å². The third-order valence-electron chi connectivity index (χ3n) is 5.05. The zero-order valence-corrected chi connectivity index (χ0v) is 18.1. The molecule has 0 bridgehead atoms. The number of phenols is 4. The molecule has 0 radical (unpaired) electrons. The molecule has 0 saturated carbocycles. The molecule has 0 fully saturated rings. The SMILES string of the molecule is CC(C)/C=C/c1c(O)c(/C=C/C(C)C)c2c(c1O)C(=O)C[C@@H](c1ccc(O)c(O)c1)O2. The van der Waals surface area contributed by atoms with Gasteiger partial charge >= 0.3 is 0 Å². The highest BCUT2D eigenvalue weighted by Gasteiger charge is 2.35. The van der Waals surface area contributed by atoms with Gasteiger partial charge in [0.2, 0.25) is 0 Å². The summed E-state index contributed by atoms with van der Waals surface area (Å²) in [5.41, 5.74) is 1.01. The largest absolute Gasteiger partial charge is 0.506 e. The molecule has 0 unspecified atom stereocenters. The number of fused-ring (bicyclic) bond motifs is 1. The van der Waals surface area contributed by atoms with Crippen molar-refractivity contribution in [2.45, 2.75) is 40.2 Å². The molecule has 6 heteroatoms. The topological polar surface area (TPSA) is 107 Å². The second kappa shape index (κ2) is 8.76. The van der Waals surface area contributed by atoms with Gasteiger partial charge in [-0.15, -0.1) is 0 Å². The first kappa shape index (κ1) is 22.3. The van der Waals surface area contributed by atoms with Crippen molar-refractivity contribution in [2.75, 3.05) is 0 Å². The van der Waals surface area contributed by atoms with E-state index in [1.54, 1.807) is 18.2 Å². The fourth-order valence-electron chi connectivity index (χ4n) is 3.39. The van der Waals surface area contributed by atoms with E-state index in [2.05, 4.69) is 0 Å². The first-order chi connectivity index (χ1) is 14.6. The van der Waals surface area contributed by atoms with E-state index in [9.17, 15) is 25.2 Å². The molecule has 1 aliphatic heterocycles. The van der Waals surface area contributed by atoms with Crippen LogP contribution in [0.5, 0.6) is 28.7 Å². The summed E-state index contributed by atoms with van der Waals surface area (Å²) in [6.45, 7) is 7.89. The van der Waals surface area contributed by atoms with Crippen LogP contribution in [0.25, 0.3) is 12.2 Å². The average molecular weight is 424 g/mol. The summed E-state index contributed by atoms with van der Waals surface area (Å²) in [5.74, 6) is -0.958. The van der Waals surface area contributed by atoms with Crippen LogP contribution in [-0.2, 0) is 0 Å². The number of hydrogen-bond donors (Lipinski definition) is 4. The van der Waals surface area contributed by atoms with Gasteiger partial charge in [0.25, 0.3) is 0 Å². The summed E-state index contributed by atoms with van der Waals surface area (Å²) < 4.78 is 6.08. The Labute approximate surface area is 181 Å². The van der Waals surface area contributed by atoms with E-state index in [0.29, 0.717) is 11.1 Å². The molecule has 0 saturated heterocycles. The molecule has 1 heterocycles. The average Bonchev–Trinajstić information content (AvgIpc) is 2.68. The molecule has 4 N–H and O–H groups in total. The van der Waals surface area contributed by atoms with Crippen LogP contribution in [0.4, 0.5) is 0 Å². The maximum atomic E-state index is 13.1. The van der Waals surface area contributed by atoms with Crippen LogP contribution in [0.1, 0.15) is 67.3 Å². The van der Waals surface area contributed by atoms with Gasteiger partial charge in [0, 0.05) is 0 Å². The Balaban J connectivity index is 2.19. The van der Waals surface area contributed by atoms with Gasteiger partial charge in [0.15, 0.2) is 17.3 Å². The highest BCUT2D eigenvalue weighted by atomic mass is 16.5. The Morgan fingerprint density at radius 2 is 1.52 bits per heavy atom. The van der Waals surface area contributed by atoms with Crippen LogP contribution < -0.4 is 4.74 Å². The fourth-order valence-corrected chi connectivity index (χ4v) is 3.39. The summed E-state index contributed by atoms with van der Waals surface area (Å²) in [5, 5.41) is 41.2. The lowest BCUT2D eigenvalue weighted by molar-refractivity contribution is 0.0843. The number of benzene rings is 2. The van der Waals surface area contributed by atoms with Gasteiger partial charge in [-0.25, -0.2) is 0 Å². The number of allylic oxidation sites excluding steroid dienone is 2. The molecule has 164 valence electrons. The lowest BCUT2D eigenvalue weighted by atomic mass is 9.90. The molecule has 3 rings (SSSR count). The summed E-state index contributed by atoms with van der Waals surface area (Å²) >= 11 is 0. The maximum Gasteiger partial charge on any atom is 0.174 e. The summed E-state index contributed by atoms with van der Waals surface area (Å²) in [7, 11) is 0. The first-order valence-corrected chi connectivity index (χ1v) is 10.3. The number of Topliss-reactive ketones (excluding diaryl/α,β-unsaturated/α-hetero) is 1. The third kappa shape index (κ3) is 4.53. The molecular weight excluding hydrogens is 396 g/mol. The summed E-state index contributed by atoms with van der Waals surface area (Å²) in [6, 6.07) is 4.21. The zero-order valence-electron chi connectivity index (χ0n) is 18.1. The predicted molar refractivity (Wildman–Crippen MR) is 120 cm³/mol. The van der Waals surface area contributed by atoms with Crippen molar-refractivity contribution in [1.29, 1.82) is 0 Å². The van der Waals surface area contributed by atoms with E-state index in [0.717, 1.165) is 0 Å². The molecule has 0 spiro atoms. The minimum atomic E-state index is -0.742. The Hall–Kier alpha value is -3.41. The van der Waals surface area contributed by atoms with Gasteiger partial charge in [-0.1, -0.05) is 58.1 Å². The van der Waals surface area contributed by atoms with Crippen LogP contribution in [0.15, 0.2) is 30.4 Å². The Kier molecular flexibility index (Phi) is 6.29. The van der Waals surface area contributed by atoms with E-state index >= 15 is 0 Å². The van der Waals surface area contributed by atoms with Crippen molar-refractivity contribution < 1.29 is 30.0 Å². The Morgan fingerprint density at radius 1 is 0.903 bits per heavy atom. The molecule has 0 aromatic heterocycles. The quantitative estimate of drug-likeness (QED) is 0.469. The number of carbonyl (C=O) groups is 1. The number of hydrogen-bond acceptors (Lipinski definition) is 6. The summed E-state index contributed by atoms with van der Waals surface area (Å²) in [6.07, 6.45) is 6.19. The second-order valence-corrected chi connectivity index (χ2v) is 8.42.